The van der Waals surface area contributed by atoms with Crippen LogP contribution >= 0.6 is 0 Å². The van der Waals surface area contributed by atoms with E-state index in [1.54, 1.807) is 0 Å². The van der Waals surface area contributed by atoms with E-state index in [1.807, 2.05) is 19.9 Å². The zero-order valence-corrected chi connectivity index (χ0v) is 25.5. The summed E-state index contributed by atoms with van der Waals surface area (Å²) < 4.78 is 22.8. The smallest absolute Gasteiger partial charge is 0.186 e. The van der Waals surface area contributed by atoms with Crippen LogP contribution in [0.2, 0.25) is 0 Å². The molecule has 0 aromatic heterocycles. The molecule has 2 saturated heterocycles. The van der Waals surface area contributed by atoms with Crippen LogP contribution < -0.4 is 0 Å². The Morgan fingerprint density at radius 3 is 2.19 bits per heavy atom. The largest absolute Gasteiger partial charge is 0.394 e. The Hall–Kier alpha value is -1.00. The molecule has 2 aliphatic heterocycles. The van der Waals surface area contributed by atoms with E-state index in [2.05, 4.69) is 13.5 Å². The summed E-state index contributed by atoms with van der Waals surface area (Å²) >= 11 is 0. The van der Waals surface area contributed by atoms with Gasteiger partial charge in [-0.25, -0.2) is 0 Å². The first-order valence-corrected chi connectivity index (χ1v) is 15.5. The van der Waals surface area contributed by atoms with E-state index in [-0.39, 0.29) is 37.1 Å². The third-order valence-electron chi connectivity index (χ3n) is 10.8. The molecule has 2 aliphatic carbocycles. The van der Waals surface area contributed by atoms with Gasteiger partial charge in [0.15, 0.2) is 12.6 Å². The molecule has 8 N–H and O–H groups in total. The Morgan fingerprint density at radius 2 is 1.53 bits per heavy atom. The highest BCUT2D eigenvalue weighted by Crippen LogP contribution is 2.62. The lowest BCUT2D eigenvalue weighted by molar-refractivity contribution is -0.320. The molecule has 0 aromatic rings. The predicted molar refractivity (Wildman–Crippen MR) is 153 cm³/mol. The van der Waals surface area contributed by atoms with E-state index >= 15 is 0 Å². The Balaban J connectivity index is 1.44. The zero-order chi connectivity index (χ0) is 31.7. The monoisotopic (exact) mass is 616 g/mol. The number of ether oxygens (including phenoxy) is 4. The normalized spacial score (nSPS) is 47.5. The molecule has 2 heterocycles. The number of allylic oxidation sites excluding steroid dienone is 2. The molecule has 4 rings (SSSR count). The standard InChI is InChI=1S/C31H52O12/c1-16(10-12-32)5-7-18-17(2)6-8-21-30(18,3)11-9-22(34)31(21,4)15-41-29-27(39)25(37)24(36)20(43-29)14-40-28-26(38)23(35)19(13-33)42-28/h10,18-29,32-39H,2,5-9,11-15H2,1,3-4H3/b16-10-. The van der Waals surface area contributed by atoms with Crippen molar-refractivity contribution in [3.63, 3.8) is 0 Å². The topological polar surface area (TPSA) is 199 Å². The second kappa shape index (κ2) is 14.2. The van der Waals surface area contributed by atoms with Gasteiger partial charge in [0.25, 0.3) is 0 Å². The van der Waals surface area contributed by atoms with Crippen LogP contribution in [0.15, 0.2) is 23.8 Å². The van der Waals surface area contributed by atoms with Crippen molar-refractivity contribution in [2.24, 2.45) is 22.7 Å². The highest BCUT2D eigenvalue weighted by molar-refractivity contribution is 5.18. The molecule has 43 heavy (non-hydrogen) atoms. The molecule has 0 aromatic carbocycles. The van der Waals surface area contributed by atoms with Crippen LogP contribution in [-0.4, -0.2) is 129 Å². The fourth-order valence-electron chi connectivity index (χ4n) is 7.99. The number of aliphatic hydroxyl groups is 8. The fourth-order valence-corrected chi connectivity index (χ4v) is 7.99. The summed E-state index contributed by atoms with van der Waals surface area (Å²) in [6.45, 7) is 9.83. The van der Waals surface area contributed by atoms with E-state index in [0.29, 0.717) is 6.42 Å². The third kappa shape index (κ3) is 6.91. The number of aliphatic hydroxyl groups excluding tert-OH is 8. The molecule has 14 unspecified atom stereocenters. The van der Waals surface area contributed by atoms with Gasteiger partial charge in [-0.15, -0.1) is 0 Å². The molecule has 12 nitrogen and oxygen atoms in total. The van der Waals surface area contributed by atoms with Crippen LogP contribution in [0.3, 0.4) is 0 Å². The lowest BCUT2D eigenvalue weighted by Crippen LogP contribution is -2.61. The van der Waals surface area contributed by atoms with Crippen LogP contribution in [0.5, 0.6) is 0 Å². The zero-order valence-electron chi connectivity index (χ0n) is 25.5. The minimum atomic E-state index is -1.62. The van der Waals surface area contributed by atoms with Gasteiger partial charge >= 0.3 is 0 Å². The first-order valence-electron chi connectivity index (χ1n) is 15.5. The number of fused-ring (bicyclic) bond motifs is 1. The van der Waals surface area contributed by atoms with Gasteiger partial charge in [0.1, 0.15) is 42.7 Å². The molecule has 0 radical (unpaired) electrons. The highest BCUT2D eigenvalue weighted by atomic mass is 16.7. The Kier molecular flexibility index (Phi) is 11.5. The maximum atomic E-state index is 11.3. The fraction of sp³-hybridized carbons (Fsp3) is 0.871. The first-order chi connectivity index (χ1) is 20.3. The van der Waals surface area contributed by atoms with Gasteiger partial charge in [-0.05, 0) is 62.7 Å². The molecular weight excluding hydrogens is 564 g/mol. The van der Waals surface area contributed by atoms with Crippen molar-refractivity contribution in [3.05, 3.63) is 23.8 Å². The average molecular weight is 617 g/mol. The molecule has 2 saturated carbocycles. The molecule has 4 fully saturated rings. The average Bonchev–Trinajstić information content (AvgIpc) is 3.25. The molecule has 0 amide bonds. The van der Waals surface area contributed by atoms with Crippen molar-refractivity contribution in [2.45, 2.75) is 121 Å². The molecule has 0 bridgehead atoms. The lowest BCUT2D eigenvalue weighted by Gasteiger charge is -2.60. The lowest BCUT2D eigenvalue weighted by atomic mass is 9.46. The Labute approximate surface area is 253 Å². The minimum absolute atomic E-state index is 0.0103. The van der Waals surface area contributed by atoms with Crippen LogP contribution in [0, 0.1) is 22.7 Å². The highest BCUT2D eigenvalue weighted by Gasteiger charge is 2.58. The maximum Gasteiger partial charge on any atom is 0.186 e. The predicted octanol–water partition coefficient (Wildman–Crippen LogP) is -0.265. The van der Waals surface area contributed by atoms with Crippen molar-refractivity contribution in [3.8, 4) is 0 Å². The Bertz CT molecular complexity index is 976. The third-order valence-corrected chi connectivity index (χ3v) is 10.8. The summed E-state index contributed by atoms with van der Waals surface area (Å²) in [7, 11) is 0. The molecule has 248 valence electrons. The van der Waals surface area contributed by atoms with Gasteiger partial charge in [0.2, 0.25) is 0 Å². The summed E-state index contributed by atoms with van der Waals surface area (Å²) in [4.78, 5) is 0. The number of hydrogen-bond acceptors (Lipinski definition) is 12. The van der Waals surface area contributed by atoms with Gasteiger partial charge in [-0.3, -0.25) is 0 Å². The van der Waals surface area contributed by atoms with Gasteiger partial charge in [-0.2, -0.15) is 0 Å². The summed E-state index contributed by atoms with van der Waals surface area (Å²) in [5.74, 6) is 0.302. The van der Waals surface area contributed by atoms with Crippen LogP contribution in [0.4, 0.5) is 0 Å². The summed E-state index contributed by atoms with van der Waals surface area (Å²) in [6.07, 6.45) is -6.43. The van der Waals surface area contributed by atoms with Crippen LogP contribution in [-0.2, 0) is 18.9 Å². The van der Waals surface area contributed by atoms with E-state index in [4.69, 9.17) is 18.9 Å². The van der Waals surface area contributed by atoms with Crippen molar-refractivity contribution in [1.82, 2.24) is 0 Å². The van der Waals surface area contributed by atoms with E-state index < -0.39 is 73.4 Å². The molecular formula is C31H52O12. The summed E-state index contributed by atoms with van der Waals surface area (Å²) in [6, 6.07) is 0. The first kappa shape index (κ1) is 34.9. The second-order valence-electron chi connectivity index (χ2n) is 13.5. The van der Waals surface area contributed by atoms with Gasteiger partial charge < -0.3 is 59.8 Å². The van der Waals surface area contributed by atoms with Crippen molar-refractivity contribution in [1.29, 1.82) is 0 Å². The Morgan fingerprint density at radius 1 is 0.907 bits per heavy atom. The van der Waals surface area contributed by atoms with Gasteiger partial charge in [0, 0.05) is 5.41 Å². The van der Waals surface area contributed by atoms with Crippen molar-refractivity contribution >= 4 is 0 Å². The SMILES string of the molecule is C=C1CCC2C(C)(COC3OC(COC4OC(CO)C(O)C4O)C(O)C(O)C3O)C(O)CCC2(C)C1CC/C(C)=C\CO. The maximum absolute atomic E-state index is 11.3. The van der Waals surface area contributed by atoms with E-state index in [0.717, 1.165) is 37.7 Å². The molecule has 4 aliphatic rings. The van der Waals surface area contributed by atoms with Crippen molar-refractivity contribution in [2.75, 3.05) is 26.4 Å². The molecule has 14 atom stereocenters. The van der Waals surface area contributed by atoms with Crippen molar-refractivity contribution < 1.29 is 59.8 Å². The quantitative estimate of drug-likeness (QED) is 0.142. The van der Waals surface area contributed by atoms with Crippen LogP contribution in [0.25, 0.3) is 0 Å². The summed E-state index contributed by atoms with van der Waals surface area (Å²) in [5.41, 5.74) is 1.48. The number of hydrogen-bond donors (Lipinski definition) is 8. The van der Waals surface area contributed by atoms with Gasteiger partial charge in [-0.1, -0.05) is 37.6 Å². The summed E-state index contributed by atoms with van der Waals surface area (Å²) in [5, 5.41) is 81.9. The minimum Gasteiger partial charge on any atom is -0.394 e. The van der Waals surface area contributed by atoms with E-state index in [9.17, 15) is 40.9 Å². The van der Waals surface area contributed by atoms with Crippen LogP contribution in [0.1, 0.15) is 59.3 Å². The second-order valence-corrected chi connectivity index (χ2v) is 13.5. The molecule has 12 heteroatoms. The van der Waals surface area contributed by atoms with Gasteiger partial charge in [0.05, 0.1) is 32.5 Å². The van der Waals surface area contributed by atoms with E-state index in [1.165, 1.54) is 5.57 Å². The molecule has 0 spiro atoms. The number of rotatable bonds is 11.